The number of aromatic nitrogens is 7. The van der Waals surface area contributed by atoms with Gasteiger partial charge in [-0.1, -0.05) is 43.6 Å². The predicted octanol–water partition coefficient (Wildman–Crippen LogP) is 2.32. The van der Waals surface area contributed by atoms with Gasteiger partial charge in [-0.2, -0.15) is 5.10 Å². The number of hydrogen-bond acceptors (Lipinski definition) is 6. The monoisotopic (exact) mass is 458 g/mol. The highest BCUT2D eigenvalue weighted by Crippen LogP contribution is 2.33. The van der Waals surface area contributed by atoms with E-state index in [0.29, 0.717) is 22.4 Å². The summed E-state index contributed by atoms with van der Waals surface area (Å²) in [5.41, 5.74) is -0.403. The Kier molecular flexibility index (Phi) is 4.96. The number of halogens is 2. The van der Waals surface area contributed by atoms with Crippen LogP contribution in [0.4, 0.5) is 5.82 Å². The molecule has 3 heterocycles. The molecule has 0 fully saturated rings. The number of nitrogens with zero attached hydrogens (tertiary/aromatic N) is 6. The molecule has 1 aromatic carbocycles. The lowest BCUT2D eigenvalue weighted by molar-refractivity contribution is 0.761. The molecule has 0 spiro atoms. The minimum Gasteiger partial charge on any atom is -0.354 e. The highest BCUT2D eigenvalue weighted by atomic mass is 35.5. The number of imidazole rings is 1. The molecule has 13 heteroatoms. The Bertz CT molecular complexity index is 1550. The predicted molar refractivity (Wildman–Crippen MR) is 114 cm³/mol. The quantitative estimate of drug-likeness (QED) is 0.452. The normalized spacial score (nSPS) is 11.2. The fraction of sp³-hybridized carbons (Fsp3) is 0.167. The van der Waals surface area contributed by atoms with Crippen LogP contribution in [-0.4, -0.2) is 34.5 Å². The lowest BCUT2D eigenvalue weighted by Crippen LogP contribution is -2.30. The molecule has 0 saturated carbocycles. The van der Waals surface area contributed by atoms with Crippen LogP contribution in [0.1, 0.15) is 25.3 Å². The maximum Gasteiger partial charge on any atom is 0.365 e. The molecule has 0 aliphatic heterocycles. The van der Waals surface area contributed by atoms with Crippen LogP contribution < -0.4 is 16.8 Å². The molecule has 31 heavy (non-hydrogen) atoms. The van der Waals surface area contributed by atoms with Gasteiger partial charge in [0.2, 0.25) is 0 Å². The average Bonchev–Trinajstić information content (AvgIpc) is 3.10. The molecule has 2 N–H and O–H groups in total. The van der Waals surface area contributed by atoms with Gasteiger partial charge in [-0.15, -0.1) is 4.68 Å². The summed E-state index contributed by atoms with van der Waals surface area (Å²) in [5, 5.41) is 10.5. The van der Waals surface area contributed by atoms with E-state index in [-0.39, 0.29) is 27.2 Å². The lowest BCUT2D eigenvalue weighted by Gasteiger charge is -2.11. The third-order valence-corrected chi connectivity index (χ3v) is 5.06. The molecule has 0 bridgehead atoms. The fourth-order valence-corrected chi connectivity index (χ4v) is 3.81. The second kappa shape index (κ2) is 7.50. The van der Waals surface area contributed by atoms with Crippen LogP contribution in [0.3, 0.4) is 0 Å². The van der Waals surface area contributed by atoms with Crippen molar-refractivity contribution in [3.63, 3.8) is 0 Å². The van der Waals surface area contributed by atoms with Crippen LogP contribution in [0.25, 0.3) is 27.4 Å². The molecular formula is C18H12Cl2N8O3. The summed E-state index contributed by atoms with van der Waals surface area (Å²) in [5.74, 6) is -0.605. The first kappa shape index (κ1) is 20.5. The molecule has 4 aromatic rings. The third-order valence-electron chi connectivity index (χ3n) is 4.49. The topological polar surface area (TPSA) is 136 Å². The first-order chi connectivity index (χ1) is 14.7. The van der Waals surface area contributed by atoms with Crippen LogP contribution in [0.15, 0.2) is 32.8 Å². The Morgan fingerprint density at radius 3 is 2.42 bits per heavy atom. The summed E-state index contributed by atoms with van der Waals surface area (Å²) >= 11 is 12.9. The van der Waals surface area contributed by atoms with Crippen molar-refractivity contribution in [2.24, 2.45) is 0 Å². The summed E-state index contributed by atoms with van der Waals surface area (Å²) in [6, 6.07) is 2.79. The van der Waals surface area contributed by atoms with Gasteiger partial charge in [0.25, 0.3) is 11.1 Å². The summed E-state index contributed by atoms with van der Waals surface area (Å²) in [7, 11) is 0. The van der Waals surface area contributed by atoms with Crippen molar-refractivity contribution in [3.05, 3.63) is 76.7 Å². The van der Waals surface area contributed by atoms with Crippen molar-refractivity contribution in [2.75, 3.05) is 0 Å². The first-order valence-electron chi connectivity index (χ1n) is 8.79. The smallest absolute Gasteiger partial charge is 0.354 e. The Labute approximate surface area is 182 Å². The highest BCUT2D eigenvalue weighted by molar-refractivity contribution is 6.38. The van der Waals surface area contributed by atoms with E-state index < -0.39 is 17.1 Å². The van der Waals surface area contributed by atoms with Gasteiger partial charge in [-0.25, -0.2) is 14.9 Å². The molecular weight excluding hydrogens is 447 g/mol. The van der Waals surface area contributed by atoms with E-state index in [4.69, 9.17) is 29.8 Å². The molecule has 156 valence electrons. The largest absolute Gasteiger partial charge is 0.365 e. The summed E-state index contributed by atoms with van der Waals surface area (Å²) in [6.45, 7) is 10.7. The Hall–Kier alpha value is -3.75. The van der Waals surface area contributed by atoms with E-state index in [1.807, 2.05) is 18.8 Å². The number of rotatable bonds is 3. The summed E-state index contributed by atoms with van der Waals surface area (Å²) in [6.07, 6.45) is 1.44. The van der Waals surface area contributed by atoms with E-state index >= 15 is 0 Å². The maximum absolute atomic E-state index is 12.2. The van der Waals surface area contributed by atoms with Crippen molar-refractivity contribution >= 4 is 40.2 Å². The fourth-order valence-electron chi connectivity index (χ4n) is 3.15. The number of benzene rings is 1. The first-order valence-corrected chi connectivity index (χ1v) is 9.55. The van der Waals surface area contributed by atoms with E-state index in [0.717, 1.165) is 4.68 Å². The zero-order valence-electron chi connectivity index (χ0n) is 16.0. The number of hydrogen-bond donors (Lipinski definition) is 2. The molecule has 0 atom stereocenters. The van der Waals surface area contributed by atoms with Crippen LogP contribution in [0.5, 0.6) is 0 Å². The Balaban J connectivity index is 1.94. The van der Waals surface area contributed by atoms with Gasteiger partial charge < -0.3 is 4.85 Å². The summed E-state index contributed by atoms with van der Waals surface area (Å²) < 4.78 is 2.33. The standard InChI is InChI=1S/C18H12Cl2N8O3/c1-7(2)11-12-15(24-25-16(11)29)27(6-22-12)13-9(19)4-8(5-10(13)20)28-18(31)23-17(30)14(21-3)26-28/h4-7H,1-2H3,(H,25,29)(H,23,30,31). The molecule has 3 aromatic heterocycles. The lowest BCUT2D eigenvalue weighted by atomic mass is 10.1. The minimum absolute atomic E-state index is 0.0965. The van der Waals surface area contributed by atoms with E-state index in [2.05, 4.69) is 25.1 Å². The van der Waals surface area contributed by atoms with Crippen LogP contribution in [0, 0.1) is 6.57 Å². The molecule has 0 saturated heterocycles. The van der Waals surface area contributed by atoms with Crippen LogP contribution in [-0.2, 0) is 0 Å². The van der Waals surface area contributed by atoms with Crippen LogP contribution >= 0.6 is 23.2 Å². The van der Waals surface area contributed by atoms with E-state index in [1.54, 1.807) is 0 Å². The molecule has 11 nitrogen and oxygen atoms in total. The van der Waals surface area contributed by atoms with Crippen molar-refractivity contribution in [1.29, 1.82) is 0 Å². The van der Waals surface area contributed by atoms with Crippen molar-refractivity contribution in [1.82, 2.24) is 34.5 Å². The van der Waals surface area contributed by atoms with Crippen molar-refractivity contribution in [2.45, 2.75) is 19.8 Å². The number of aromatic amines is 2. The van der Waals surface area contributed by atoms with Gasteiger partial charge in [-0.3, -0.25) is 19.1 Å². The zero-order valence-corrected chi connectivity index (χ0v) is 17.5. The Morgan fingerprint density at radius 2 is 1.81 bits per heavy atom. The van der Waals surface area contributed by atoms with Crippen molar-refractivity contribution in [3.8, 4) is 11.4 Å². The van der Waals surface area contributed by atoms with Crippen LogP contribution in [0.2, 0.25) is 10.0 Å². The number of fused-ring (bicyclic) bond motifs is 1. The van der Waals surface area contributed by atoms with Gasteiger partial charge in [0.1, 0.15) is 11.8 Å². The summed E-state index contributed by atoms with van der Waals surface area (Å²) in [4.78, 5) is 45.2. The second-order valence-electron chi connectivity index (χ2n) is 6.77. The minimum atomic E-state index is -0.893. The highest BCUT2D eigenvalue weighted by Gasteiger charge is 2.21. The third kappa shape index (κ3) is 3.31. The zero-order chi connectivity index (χ0) is 22.4. The van der Waals surface area contributed by atoms with Gasteiger partial charge in [0, 0.05) is 0 Å². The SMILES string of the molecule is [C-]#[N+]c1nn(-c2cc(Cl)c(-n3cnc4c(C(C)C)c(=O)[nH]nc43)c(Cl)c2)c(=O)[nH]c1=O. The number of H-pyrrole nitrogens is 2. The molecule has 0 aliphatic carbocycles. The maximum atomic E-state index is 12.2. The van der Waals surface area contributed by atoms with Gasteiger partial charge >= 0.3 is 11.5 Å². The number of nitrogens with one attached hydrogen (secondary N) is 2. The van der Waals surface area contributed by atoms with Gasteiger partial charge in [0.05, 0.1) is 27.0 Å². The molecule has 0 amide bonds. The van der Waals surface area contributed by atoms with Crippen molar-refractivity contribution < 1.29 is 0 Å². The van der Waals surface area contributed by atoms with E-state index in [9.17, 15) is 14.4 Å². The molecule has 4 rings (SSSR count). The van der Waals surface area contributed by atoms with E-state index in [1.165, 1.54) is 23.0 Å². The Morgan fingerprint density at radius 1 is 1.13 bits per heavy atom. The van der Waals surface area contributed by atoms with Gasteiger partial charge in [-0.05, 0) is 23.1 Å². The average molecular weight is 459 g/mol. The molecule has 0 aliphatic rings. The molecule has 0 radical (unpaired) electrons. The van der Waals surface area contributed by atoms with Gasteiger partial charge in [0.15, 0.2) is 5.65 Å². The second-order valence-corrected chi connectivity index (χ2v) is 7.59. The molecule has 0 unspecified atom stereocenters.